The van der Waals surface area contributed by atoms with Gasteiger partial charge in [0.05, 0.1) is 0 Å². The summed E-state index contributed by atoms with van der Waals surface area (Å²) < 4.78 is 0. The average Bonchev–Trinajstić information content (AvgIpc) is 1.00. The molecule has 4 heavy (non-hydrogen) atoms. The van der Waals surface area contributed by atoms with Crippen molar-refractivity contribution in [2.45, 2.75) is 13.8 Å². The topological polar surface area (TPSA) is 30.0 Å². The quantitative estimate of drug-likeness (QED) is 0.299. The fourth-order valence-corrected chi connectivity index (χ4v) is 0. The van der Waals surface area contributed by atoms with Crippen LogP contribution >= 0.6 is 0 Å². The molecule has 0 aliphatic carbocycles. The van der Waals surface area contributed by atoms with Crippen molar-refractivity contribution in [2.75, 3.05) is 0 Å². The minimum atomic E-state index is 0. The second kappa shape index (κ2) is 37.6. The van der Waals surface area contributed by atoms with Crippen molar-refractivity contribution in [3.8, 4) is 0 Å². The molecule has 0 fully saturated rings. The van der Waals surface area contributed by atoms with E-state index in [1.54, 1.807) is 0 Å². The summed E-state index contributed by atoms with van der Waals surface area (Å²) in [6.07, 6.45) is 0. The Balaban J connectivity index is -0.00000000500. The smallest absolute Gasteiger partial charge is 0.870 e. The zero-order chi connectivity index (χ0) is 2.00. The van der Waals surface area contributed by atoms with Crippen LogP contribution in [0.1, 0.15) is 13.8 Å². The molecule has 0 unspecified atom stereocenters. The second-order valence-corrected chi connectivity index (χ2v) is 0. The van der Waals surface area contributed by atoms with Gasteiger partial charge >= 0.3 is 29.6 Å². The summed E-state index contributed by atoms with van der Waals surface area (Å²) in [5, 5.41) is 0. The Morgan fingerprint density at radius 2 is 1.00 bits per heavy atom. The van der Waals surface area contributed by atoms with Gasteiger partial charge in [0.1, 0.15) is 0 Å². The van der Waals surface area contributed by atoms with E-state index in [9.17, 15) is 0 Å². The second-order valence-electron chi connectivity index (χ2n) is 0. The molecule has 0 aromatic heterocycles. The van der Waals surface area contributed by atoms with E-state index in [2.05, 4.69) is 0 Å². The molecule has 2 heteroatoms. The summed E-state index contributed by atoms with van der Waals surface area (Å²) in [6, 6.07) is 0. The van der Waals surface area contributed by atoms with Gasteiger partial charge in [-0.3, -0.25) is 0 Å². The predicted molar refractivity (Wildman–Crippen MR) is 13.3 cm³/mol. The van der Waals surface area contributed by atoms with Crippen LogP contribution in [0.15, 0.2) is 0 Å². The molecule has 0 saturated carbocycles. The molecule has 0 aromatic rings. The SMILES string of the molecule is CC.[Na+].[OH-]. The molecule has 0 atom stereocenters. The molecule has 0 aliphatic rings. The Bertz CT molecular complexity index is 6.00. The van der Waals surface area contributed by atoms with E-state index in [4.69, 9.17) is 0 Å². The molecule has 0 spiro atoms. The van der Waals surface area contributed by atoms with Crippen molar-refractivity contribution in [1.82, 2.24) is 0 Å². The van der Waals surface area contributed by atoms with E-state index in [1.807, 2.05) is 13.8 Å². The monoisotopic (exact) mass is 70.0 g/mol. The van der Waals surface area contributed by atoms with Crippen LogP contribution in [0, 0.1) is 0 Å². The maximum Gasteiger partial charge on any atom is 1.00 e. The molecule has 1 N–H and O–H groups in total. The number of hydrogen-bond donors (Lipinski definition) is 0. The van der Waals surface area contributed by atoms with Crippen LogP contribution in [0.2, 0.25) is 0 Å². The molecule has 1 nitrogen and oxygen atoms in total. The Hall–Kier alpha value is 0.960. The van der Waals surface area contributed by atoms with Crippen molar-refractivity contribution in [3.63, 3.8) is 0 Å². The first-order chi connectivity index (χ1) is 1.00. The summed E-state index contributed by atoms with van der Waals surface area (Å²) in [4.78, 5) is 0. The molecule has 0 aromatic carbocycles. The Kier molecular flexibility index (Phi) is 191. The number of rotatable bonds is 0. The van der Waals surface area contributed by atoms with E-state index < -0.39 is 0 Å². The Morgan fingerprint density at radius 1 is 1.00 bits per heavy atom. The van der Waals surface area contributed by atoms with Crippen molar-refractivity contribution in [3.05, 3.63) is 0 Å². The normalized spacial score (nSPS) is 1.50. The number of hydrogen-bond acceptors (Lipinski definition) is 1. The predicted octanol–water partition coefficient (Wildman–Crippen LogP) is -2.15. The molecular formula is C2H7NaO. The Labute approximate surface area is 49.0 Å². The maximum atomic E-state index is 2.00. The minimum absolute atomic E-state index is 0. The molecule has 22 valence electrons. The molecule has 0 bridgehead atoms. The van der Waals surface area contributed by atoms with Crippen molar-refractivity contribution < 1.29 is 35.0 Å². The minimum Gasteiger partial charge on any atom is -0.870 e. The van der Waals surface area contributed by atoms with Crippen LogP contribution in [-0.4, -0.2) is 5.48 Å². The fourth-order valence-electron chi connectivity index (χ4n) is 0. The summed E-state index contributed by atoms with van der Waals surface area (Å²) in [6.45, 7) is 4.00. The van der Waals surface area contributed by atoms with Crippen LogP contribution in [0.25, 0.3) is 0 Å². The van der Waals surface area contributed by atoms with Gasteiger partial charge in [-0.25, -0.2) is 0 Å². The van der Waals surface area contributed by atoms with Gasteiger partial charge in [-0.15, -0.1) is 0 Å². The third kappa shape index (κ3) is 12.3. The van der Waals surface area contributed by atoms with Gasteiger partial charge in [-0.05, 0) is 0 Å². The molecule has 0 radical (unpaired) electrons. The summed E-state index contributed by atoms with van der Waals surface area (Å²) in [7, 11) is 0. The zero-order valence-electron chi connectivity index (χ0n) is 3.45. The molecular weight excluding hydrogens is 63.0 g/mol. The van der Waals surface area contributed by atoms with E-state index in [1.165, 1.54) is 0 Å². The van der Waals surface area contributed by atoms with Crippen LogP contribution in [-0.2, 0) is 0 Å². The van der Waals surface area contributed by atoms with Crippen LogP contribution in [0.5, 0.6) is 0 Å². The molecule has 0 aliphatic heterocycles. The van der Waals surface area contributed by atoms with E-state index in [-0.39, 0.29) is 35.0 Å². The van der Waals surface area contributed by atoms with Gasteiger partial charge in [0, 0.05) is 0 Å². The molecule has 0 amide bonds. The molecule has 0 heterocycles. The van der Waals surface area contributed by atoms with Gasteiger partial charge < -0.3 is 5.48 Å². The third-order valence-electron chi connectivity index (χ3n) is 0. The van der Waals surface area contributed by atoms with Crippen molar-refractivity contribution in [2.24, 2.45) is 0 Å². The summed E-state index contributed by atoms with van der Waals surface area (Å²) in [5.74, 6) is 0. The van der Waals surface area contributed by atoms with Crippen LogP contribution < -0.4 is 29.6 Å². The zero-order valence-corrected chi connectivity index (χ0v) is 5.45. The van der Waals surface area contributed by atoms with Crippen LogP contribution in [0.4, 0.5) is 0 Å². The largest absolute Gasteiger partial charge is 1.00 e. The average molecular weight is 70.1 g/mol. The third-order valence-corrected chi connectivity index (χ3v) is 0. The van der Waals surface area contributed by atoms with E-state index in [0.717, 1.165) is 0 Å². The first-order valence-electron chi connectivity index (χ1n) is 1.00. The van der Waals surface area contributed by atoms with Gasteiger partial charge in [0.2, 0.25) is 0 Å². The summed E-state index contributed by atoms with van der Waals surface area (Å²) >= 11 is 0. The first-order valence-corrected chi connectivity index (χ1v) is 1.00. The van der Waals surface area contributed by atoms with Gasteiger partial charge in [0.15, 0.2) is 0 Å². The van der Waals surface area contributed by atoms with Crippen LogP contribution in [0.3, 0.4) is 0 Å². The summed E-state index contributed by atoms with van der Waals surface area (Å²) in [5.41, 5.74) is 0. The van der Waals surface area contributed by atoms with E-state index in [0.29, 0.717) is 0 Å². The first kappa shape index (κ1) is 20.2. The molecule has 0 rings (SSSR count). The molecule has 0 saturated heterocycles. The maximum absolute atomic E-state index is 2.00. The van der Waals surface area contributed by atoms with Gasteiger partial charge in [-0.1, -0.05) is 13.8 Å². The van der Waals surface area contributed by atoms with E-state index >= 15 is 0 Å². The van der Waals surface area contributed by atoms with Crippen molar-refractivity contribution in [1.29, 1.82) is 0 Å². The fraction of sp³-hybridized carbons (Fsp3) is 1.00. The van der Waals surface area contributed by atoms with Crippen molar-refractivity contribution >= 4 is 0 Å². The Morgan fingerprint density at radius 3 is 1.00 bits per heavy atom. The van der Waals surface area contributed by atoms with Gasteiger partial charge in [-0.2, -0.15) is 0 Å². The standard InChI is InChI=1S/C2H6.Na.H2O/c1-2;;/h1-2H3;;1H2/q;+1;/p-1. The van der Waals surface area contributed by atoms with Gasteiger partial charge in [0.25, 0.3) is 0 Å².